The number of phosphoric ester groups is 1. The molecule has 0 aromatic heterocycles. The summed E-state index contributed by atoms with van der Waals surface area (Å²) in [6, 6.07) is 0. The fourth-order valence-electron chi connectivity index (χ4n) is 1.42. The van der Waals surface area contributed by atoms with E-state index in [0.29, 0.717) is 19.3 Å². The highest BCUT2D eigenvalue weighted by molar-refractivity contribution is 9.09. The van der Waals surface area contributed by atoms with E-state index in [1.165, 1.54) is 0 Å². The monoisotopic (exact) mass is 288 g/mol. The Morgan fingerprint density at radius 2 is 1.86 bits per heavy atom. The molecule has 0 heterocycles. The molecule has 6 heteroatoms. The van der Waals surface area contributed by atoms with Crippen LogP contribution in [0.15, 0.2) is 0 Å². The van der Waals surface area contributed by atoms with Gasteiger partial charge in [0.1, 0.15) is 0 Å². The number of alkyl halides is 1. The molecule has 0 fully saturated rings. The van der Waals surface area contributed by atoms with Crippen LogP contribution in [-0.2, 0) is 9.09 Å². The van der Waals surface area contributed by atoms with Gasteiger partial charge in [-0.2, -0.15) is 0 Å². The summed E-state index contributed by atoms with van der Waals surface area (Å²) in [6.07, 6.45) is 2.74. The molecular weight excluding hydrogens is 271 g/mol. The van der Waals surface area contributed by atoms with E-state index in [4.69, 9.17) is 14.3 Å². The Labute approximate surface area is 93.4 Å². The SMILES string of the molecule is CCC(CC)(CCCBr)OP(=O)(O)O. The van der Waals surface area contributed by atoms with Gasteiger partial charge < -0.3 is 9.79 Å². The third-order valence-electron chi connectivity index (χ3n) is 2.37. The summed E-state index contributed by atoms with van der Waals surface area (Å²) < 4.78 is 15.7. The first-order valence-corrected chi connectivity index (χ1v) is 7.36. The molecule has 0 aliphatic carbocycles. The Balaban J connectivity index is 4.44. The van der Waals surface area contributed by atoms with Crippen molar-refractivity contribution in [1.29, 1.82) is 0 Å². The van der Waals surface area contributed by atoms with E-state index in [-0.39, 0.29) is 0 Å². The van der Waals surface area contributed by atoms with Crippen molar-refractivity contribution < 1.29 is 18.9 Å². The maximum atomic E-state index is 10.8. The van der Waals surface area contributed by atoms with Gasteiger partial charge in [0.2, 0.25) is 0 Å². The summed E-state index contributed by atoms with van der Waals surface area (Å²) in [5.74, 6) is 0. The molecule has 0 aromatic carbocycles. The molecule has 0 amide bonds. The molecule has 14 heavy (non-hydrogen) atoms. The highest BCUT2D eigenvalue weighted by atomic mass is 79.9. The van der Waals surface area contributed by atoms with Crippen molar-refractivity contribution in [2.75, 3.05) is 5.33 Å². The molecule has 2 N–H and O–H groups in total. The van der Waals surface area contributed by atoms with E-state index in [9.17, 15) is 4.57 Å². The van der Waals surface area contributed by atoms with Gasteiger partial charge in [0.15, 0.2) is 0 Å². The van der Waals surface area contributed by atoms with Crippen LogP contribution in [0.5, 0.6) is 0 Å². The smallest absolute Gasteiger partial charge is 0.303 e. The van der Waals surface area contributed by atoms with E-state index in [2.05, 4.69) is 15.9 Å². The zero-order chi connectivity index (χ0) is 11.2. The average Bonchev–Trinajstić information content (AvgIpc) is 2.10. The Kier molecular flexibility index (Phi) is 6.50. The third-order valence-corrected chi connectivity index (χ3v) is 3.55. The van der Waals surface area contributed by atoms with Crippen molar-refractivity contribution >= 4 is 23.8 Å². The molecule has 86 valence electrons. The van der Waals surface area contributed by atoms with E-state index in [1.807, 2.05) is 13.8 Å². The first-order valence-electron chi connectivity index (χ1n) is 4.71. The van der Waals surface area contributed by atoms with E-state index < -0.39 is 13.4 Å². The van der Waals surface area contributed by atoms with Gasteiger partial charge >= 0.3 is 7.82 Å². The fraction of sp³-hybridized carbons (Fsp3) is 1.00. The predicted molar refractivity (Wildman–Crippen MR) is 59.5 cm³/mol. The van der Waals surface area contributed by atoms with Crippen LogP contribution in [0.25, 0.3) is 0 Å². The molecule has 0 saturated heterocycles. The summed E-state index contributed by atoms with van der Waals surface area (Å²) in [6.45, 7) is 3.76. The van der Waals surface area contributed by atoms with E-state index in [1.54, 1.807) is 0 Å². The van der Waals surface area contributed by atoms with Crippen molar-refractivity contribution in [3.63, 3.8) is 0 Å². The molecule has 0 aromatic rings. The van der Waals surface area contributed by atoms with Gasteiger partial charge in [-0.25, -0.2) is 4.57 Å². The Morgan fingerprint density at radius 1 is 1.36 bits per heavy atom. The van der Waals surface area contributed by atoms with Gasteiger partial charge in [-0.15, -0.1) is 0 Å². The zero-order valence-electron chi connectivity index (χ0n) is 8.57. The first-order chi connectivity index (χ1) is 6.39. The lowest BCUT2D eigenvalue weighted by atomic mass is 9.92. The normalized spacial score (nSPS) is 13.2. The average molecular weight is 289 g/mol. The molecule has 0 radical (unpaired) electrons. The lowest BCUT2D eigenvalue weighted by Crippen LogP contribution is -2.30. The van der Waals surface area contributed by atoms with Crippen LogP contribution in [-0.4, -0.2) is 20.7 Å². The maximum Gasteiger partial charge on any atom is 0.470 e. The van der Waals surface area contributed by atoms with Gasteiger partial charge in [-0.1, -0.05) is 29.8 Å². The Bertz CT molecular complexity index is 200. The second-order valence-electron chi connectivity index (χ2n) is 3.26. The van der Waals surface area contributed by atoms with Gasteiger partial charge in [-0.05, 0) is 25.7 Å². The molecule has 0 rings (SSSR count). The van der Waals surface area contributed by atoms with Crippen LogP contribution >= 0.6 is 23.8 Å². The second-order valence-corrected chi connectivity index (χ2v) is 5.22. The van der Waals surface area contributed by atoms with Crippen LogP contribution in [0, 0.1) is 0 Å². The highest BCUT2D eigenvalue weighted by Gasteiger charge is 2.34. The molecule has 0 saturated carbocycles. The third kappa shape index (κ3) is 5.47. The standard InChI is InChI=1S/C8H18BrO4P/c1-3-8(4-2,6-5-7-9)13-14(10,11)12/h3-7H2,1-2H3,(H2,10,11,12). The van der Waals surface area contributed by atoms with Crippen molar-refractivity contribution in [3.8, 4) is 0 Å². The highest BCUT2D eigenvalue weighted by Crippen LogP contribution is 2.45. The summed E-state index contributed by atoms with van der Waals surface area (Å²) >= 11 is 3.29. The molecule has 0 aliphatic rings. The topological polar surface area (TPSA) is 66.8 Å². The van der Waals surface area contributed by atoms with Crippen LogP contribution in [0.2, 0.25) is 0 Å². The van der Waals surface area contributed by atoms with E-state index >= 15 is 0 Å². The first kappa shape index (κ1) is 14.6. The minimum Gasteiger partial charge on any atom is -0.303 e. The maximum absolute atomic E-state index is 10.8. The molecule has 0 bridgehead atoms. The van der Waals surface area contributed by atoms with Crippen LogP contribution in [0.1, 0.15) is 39.5 Å². The quantitative estimate of drug-likeness (QED) is 0.558. The number of hydrogen-bond donors (Lipinski definition) is 2. The van der Waals surface area contributed by atoms with Crippen molar-refractivity contribution in [2.24, 2.45) is 0 Å². The molecule has 4 nitrogen and oxygen atoms in total. The van der Waals surface area contributed by atoms with Gasteiger partial charge in [0, 0.05) is 5.33 Å². The van der Waals surface area contributed by atoms with E-state index in [0.717, 1.165) is 11.8 Å². The summed E-state index contributed by atoms with van der Waals surface area (Å²) in [5, 5.41) is 0.819. The largest absolute Gasteiger partial charge is 0.470 e. The number of rotatable bonds is 7. The molecule has 0 spiro atoms. The Hall–Kier alpha value is 0.590. The lowest BCUT2D eigenvalue weighted by Gasteiger charge is -2.31. The Morgan fingerprint density at radius 3 is 2.14 bits per heavy atom. The van der Waals surface area contributed by atoms with Crippen molar-refractivity contribution in [3.05, 3.63) is 0 Å². The molecule has 0 aliphatic heterocycles. The molecule has 0 atom stereocenters. The zero-order valence-corrected chi connectivity index (χ0v) is 11.1. The second kappa shape index (κ2) is 6.23. The number of phosphoric acid groups is 1. The number of halogens is 1. The van der Waals surface area contributed by atoms with Crippen LogP contribution < -0.4 is 0 Å². The van der Waals surface area contributed by atoms with Crippen molar-refractivity contribution in [1.82, 2.24) is 0 Å². The van der Waals surface area contributed by atoms with Gasteiger partial charge in [0.25, 0.3) is 0 Å². The van der Waals surface area contributed by atoms with Crippen LogP contribution in [0.3, 0.4) is 0 Å². The summed E-state index contributed by atoms with van der Waals surface area (Å²) in [4.78, 5) is 17.6. The minimum absolute atomic E-state index is 0.613. The lowest BCUT2D eigenvalue weighted by molar-refractivity contribution is 0.0191. The summed E-state index contributed by atoms with van der Waals surface area (Å²) in [5.41, 5.74) is -0.674. The van der Waals surface area contributed by atoms with Gasteiger partial charge in [-0.3, -0.25) is 4.52 Å². The molecular formula is C8H18BrO4P. The predicted octanol–water partition coefficient (Wildman–Crippen LogP) is 2.83. The fourth-order valence-corrected chi connectivity index (χ4v) is 2.55. The van der Waals surface area contributed by atoms with Crippen molar-refractivity contribution in [2.45, 2.75) is 45.1 Å². The summed E-state index contributed by atoms with van der Waals surface area (Å²) in [7, 11) is -4.38. The van der Waals surface area contributed by atoms with Gasteiger partial charge in [0.05, 0.1) is 5.60 Å². The number of hydrogen-bond acceptors (Lipinski definition) is 2. The minimum atomic E-state index is -4.38. The molecule has 0 unspecified atom stereocenters. The van der Waals surface area contributed by atoms with Crippen LogP contribution in [0.4, 0.5) is 0 Å².